The predicted molar refractivity (Wildman–Crippen MR) is 47.7 cm³/mol. The fraction of sp³-hybridized carbons (Fsp3) is 0.625. The van der Waals surface area contributed by atoms with Crippen molar-refractivity contribution in [3.63, 3.8) is 0 Å². The Morgan fingerprint density at radius 3 is 3.14 bits per heavy atom. The number of rotatable bonds is 3. The molecule has 0 amide bonds. The third kappa shape index (κ3) is 3.41. The van der Waals surface area contributed by atoms with Crippen molar-refractivity contribution >= 4 is 11.7 Å². The van der Waals surface area contributed by atoms with Crippen LogP contribution in [-0.2, 0) is 9.63 Å². The molecule has 1 atom stereocenters. The number of carbonyl (C=O) groups is 1. The summed E-state index contributed by atoms with van der Waals surface area (Å²) in [6.45, 7) is 0.0586. The van der Waals surface area contributed by atoms with Crippen LogP contribution in [-0.4, -0.2) is 36.0 Å². The van der Waals surface area contributed by atoms with E-state index in [0.717, 1.165) is 5.71 Å². The molecule has 1 fully saturated rings. The average Bonchev–Trinajstić information content (AvgIpc) is 2.18. The van der Waals surface area contributed by atoms with Crippen LogP contribution in [0.15, 0.2) is 5.16 Å². The van der Waals surface area contributed by atoms with Gasteiger partial charge in [0.25, 0.3) is 0 Å². The van der Waals surface area contributed by atoms with Gasteiger partial charge in [0.2, 0.25) is 6.61 Å². The summed E-state index contributed by atoms with van der Waals surface area (Å²) >= 11 is 0. The van der Waals surface area contributed by atoms with Gasteiger partial charge in [-0.25, -0.2) is 4.79 Å². The second kappa shape index (κ2) is 5.19. The van der Waals surface area contributed by atoms with Crippen LogP contribution < -0.4 is 5.32 Å². The first-order valence-electron chi connectivity index (χ1n) is 4.25. The number of nitriles is 1. The molecule has 14 heavy (non-hydrogen) atoms. The lowest BCUT2D eigenvalue weighted by Gasteiger charge is -2.18. The van der Waals surface area contributed by atoms with Crippen LogP contribution in [0.25, 0.3) is 0 Å². The standard InChI is InChI=1S/C8H11N3O3/c9-3-6-1-2-7(4-10-6)11-14-5-8(12)13/h6,10H,1-2,4-5H2,(H,12,13)/b11-7-/t6-/m1/s1. The van der Waals surface area contributed by atoms with Crippen molar-refractivity contribution in [1.29, 1.82) is 5.26 Å². The van der Waals surface area contributed by atoms with E-state index in [1.165, 1.54) is 0 Å². The molecule has 6 nitrogen and oxygen atoms in total. The smallest absolute Gasteiger partial charge is 0.344 e. The van der Waals surface area contributed by atoms with Crippen molar-refractivity contribution in [2.24, 2.45) is 5.16 Å². The zero-order chi connectivity index (χ0) is 10.4. The van der Waals surface area contributed by atoms with Crippen molar-refractivity contribution in [1.82, 2.24) is 5.32 Å². The van der Waals surface area contributed by atoms with E-state index in [-0.39, 0.29) is 6.04 Å². The molecule has 1 aliphatic heterocycles. The van der Waals surface area contributed by atoms with Crippen LogP contribution >= 0.6 is 0 Å². The zero-order valence-electron chi connectivity index (χ0n) is 7.56. The van der Waals surface area contributed by atoms with E-state index in [1.54, 1.807) is 0 Å². The molecule has 1 saturated heterocycles. The fourth-order valence-electron chi connectivity index (χ4n) is 1.11. The molecule has 76 valence electrons. The Bertz CT molecular complexity index is 272. The van der Waals surface area contributed by atoms with Crippen LogP contribution in [0.2, 0.25) is 0 Å². The Hall–Kier alpha value is -1.61. The quantitative estimate of drug-likeness (QED) is 0.607. The van der Waals surface area contributed by atoms with Crippen LogP contribution in [0.4, 0.5) is 0 Å². The molecule has 2 N–H and O–H groups in total. The van der Waals surface area contributed by atoms with E-state index in [4.69, 9.17) is 10.4 Å². The van der Waals surface area contributed by atoms with Gasteiger partial charge in [-0.15, -0.1) is 0 Å². The summed E-state index contributed by atoms with van der Waals surface area (Å²) in [5, 5.41) is 23.4. The van der Waals surface area contributed by atoms with Crippen LogP contribution in [0, 0.1) is 11.3 Å². The van der Waals surface area contributed by atoms with Crippen LogP contribution in [0.5, 0.6) is 0 Å². The van der Waals surface area contributed by atoms with Gasteiger partial charge in [0.05, 0.1) is 17.8 Å². The minimum absolute atomic E-state index is 0.131. The van der Waals surface area contributed by atoms with Gasteiger partial charge in [-0.1, -0.05) is 5.16 Å². The normalized spacial score (nSPS) is 24.2. The molecule has 1 rings (SSSR count). The highest BCUT2D eigenvalue weighted by atomic mass is 16.6. The van der Waals surface area contributed by atoms with Gasteiger partial charge in [-0.3, -0.25) is 5.32 Å². The molecule has 0 aromatic rings. The molecule has 0 saturated carbocycles. The Balaban J connectivity index is 2.27. The average molecular weight is 197 g/mol. The van der Waals surface area contributed by atoms with E-state index < -0.39 is 12.6 Å². The van der Waals surface area contributed by atoms with E-state index in [1.807, 2.05) is 0 Å². The Morgan fingerprint density at radius 1 is 1.86 bits per heavy atom. The van der Waals surface area contributed by atoms with Crippen molar-refractivity contribution in [2.45, 2.75) is 18.9 Å². The van der Waals surface area contributed by atoms with Crippen molar-refractivity contribution in [2.75, 3.05) is 13.2 Å². The van der Waals surface area contributed by atoms with Gasteiger partial charge in [-0.05, 0) is 12.8 Å². The number of nitrogens with zero attached hydrogens (tertiary/aromatic N) is 2. The number of carboxylic acids is 1. The highest BCUT2D eigenvalue weighted by Crippen LogP contribution is 2.04. The second-order valence-corrected chi connectivity index (χ2v) is 2.93. The van der Waals surface area contributed by atoms with E-state index >= 15 is 0 Å². The van der Waals surface area contributed by atoms with Gasteiger partial charge in [0.15, 0.2) is 0 Å². The summed E-state index contributed by atoms with van der Waals surface area (Å²) < 4.78 is 0. The molecule has 1 heterocycles. The molecular weight excluding hydrogens is 186 g/mol. The number of nitrogens with one attached hydrogen (secondary N) is 1. The SMILES string of the molecule is N#C[C@H]1CC/C(=N/OCC(=O)O)CN1. The summed E-state index contributed by atoms with van der Waals surface area (Å²) in [7, 11) is 0. The minimum atomic E-state index is -1.05. The van der Waals surface area contributed by atoms with Crippen LogP contribution in [0.1, 0.15) is 12.8 Å². The molecule has 0 radical (unpaired) electrons. The van der Waals surface area contributed by atoms with E-state index in [0.29, 0.717) is 19.4 Å². The lowest BCUT2D eigenvalue weighted by atomic mass is 10.1. The maximum Gasteiger partial charge on any atom is 0.344 e. The van der Waals surface area contributed by atoms with E-state index in [9.17, 15) is 4.79 Å². The molecule has 0 aromatic heterocycles. The Labute approximate surface area is 81.1 Å². The third-order valence-corrected chi connectivity index (χ3v) is 1.81. The summed E-state index contributed by atoms with van der Waals surface area (Å²) in [6.07, 6.45) is 1.36. The van der Waals surface area contributed by atoms with Crippen molar-refractivity contribution in [3.8, 4) is 6.07 Å². The monoisotopic (exact) mass is 197 g/mol. The molecule has 6 heteroatoms. The summed E-state index contributed by atoms with van der Waals surface area (Å²) in [5.41, 5.74) is 0.748. The first-order chi connectivity index (χ1) is 6.72. The van der Waals surface area contributed by atoms with Gasteiger partial charge in [0, 0.05) is 6.54 Å². The maximum atomic E-state index is 10.1. The molecular formula is C8H11N3O3. The third-order valence-electron chi connectivity index (χ3n) is 1.81. The Kier molecular flexibility index (Phi) is 3.88. The molecule has 0 bridgehead atoms. The predicted octanol–water partition coefficient (Wildman–Crippen LogP) is -0.281. The van der Waals surface area contributed by atoms with Crippen LogP contribution in [0.3, 0.4) is 0 Å². The number of hydrogen-bond donors (Lipinski definition) is 2. The zero-order valence-corrected chi connectivity index (χ0v) is 7.56. The second-order valence-electron chi connectivity index (χ2n) is 2.93. The summed E-state index contributed by atoms with van der Waals surface area (Å²) in [6, 6.07) is 1.97. The van der Waals surface area contributed by atoms with Gasteiger partial charge in [0.1, 0.15) is 0 Å². The molecule has 0 aliphatic carbocycles. The maximum absolute atomic E-state index is 10.1. The highest BCUT2D eigenvalue weighted by molar-refractivity contribution is 5.86. The summed E-state index contributed by atoms with van der Waals surface area (Å²) in [5.74, 6) is -1.05. The first kappa shape index (κ1) is 10.5. The van der Waals surface area contributed by atoms with E-state index in [2.05, 4.69) is 21.4 Å². The lowest BCUT2D eigenvalue weighted by Crippen LogP contribution is -2.38. The van der Waals surface area contributed by atoms with Gasteiger partial charge < -0.3 is 9.94 Å². The molecule has 1 aliphatic rings. The molecule has 0 aromatic carbocycles. The van der Waals surface area contributed by atoms with Gasteiger partial charge >= 0.3 is 5.97 Å². The largest absolute Gasteiger partial charge is 0.479 e. The lowest BCUT2D eigenvalue weighted by molar-refractivity contribution is -0.142. The summed E-state index contributed by atoms with van der Waals surface area (Å²) in [4.78, 5) is 14.7. The number of hydrogen-bond acceptors (Lipinski definition) is 5. The van der Waals surface area contributed by atoms with Gasteiger partial charge in [-0.2, -0.15) is 5.26 Å². The number of oxime groups is 1. The molecule has 0 spiro atoms. The van der Waals surface area contributed by atoms with Crippen molar-refractivity contribution in [3.05, 3.63) is 0 Å². The Morgan fingerprint density at radius 2 is 2.64 bits per heavy atom. The van der Waals surface area contributed by atoms with Crippen molar-refractivity contribution < 1.29 is 14.7 Å². The number of carboxylic acid groups (broad SMARTS) is 1. The number of aliphatic carboxylic acids is 1. The minimum Gasteiger partial charge on any atom is -0.479 e. The highest BCUT2D eigenvalue weighted by Gasteiger charge is 2.16. The first-order valence-corrected chi connectivity index (χ1v) is 4.25. The fourth-order valence-corrected chi connectivity index (χ4v) is 1.11. The molecule has 0 unspecified atom stereocenters. The number of piperidine rings is 1. The topological polar surface area (TPSA) is 94.7 Å².